The molecule has 2 aliphatic rings. The van der Waals surface area contributed by atoms with E-state index in [0.29, 0.717) is 11.3 Å². The van der Waals surface area contributed by atoms with Crippen LogP contribution in [0.15, 0.2) is 113 Å². The van der Waals surface area contributed by atoms with E-state index in [-0.39, 0.29) is 17.4 Å². The standard InChI is InChI=1S/C28H21N5O2/c1-34-21-14-12-20(13-15-21)33-26(19-10-6-3-7-11-19)25-24(18-8-4-2-5-9-18)22(16-29)28(31)35-27(25)23(17-30)32-33/h2-15,24,26H,31H2,1H3. The molecule has 170 valence electrons. The van der Waals surface area contributed by atoms with Crippen molar-refractivity contribution in [2.75, 3.05) is 12.1 Å². The van der Waals surface area contributed by atoms with Gasteiger partial charge in [0.2, 0.25) is 11.6 Å². The van der Waals surface area contributed by atoms with Crippen LogP contribution in [-0.4, -0.2) is 12.8 Å². The Morgan fingerprint density at radius 3 is 2.09 bits per heavy atom. The molecule has 3 aromatic carbocycles. The number of ether oxygens (including phenoxy) is 2. The zero-order valence-electron chi connectivity index (χ0n) is 18.9. The second kappa shape index (κ2) is 9.09. The number of benzene rings is 3. The van der Waals surface area contributed by atoms with Gasteiger partial charge in [0, 0.05) is 5.57 Å². The van der Waals surface area contributed by atoms with Gasteiger partial charge in [0.25, 0.3) is 0 Å². The summed E-state index contributed by atoms with van der Waals surface area (Å²) in [5.74, 6) is 0.455. The molecule has 0 amide bonds. The summed E-state index contributed by atoms with van der Waals surface area (Å²) in [4.78, 5) is 0. The summed E-state index contributed by atoms with van der Waals surface area (Å²) >= 11 is 0. The Bertz CT molecular complexity index is 1430. The quantitative estimate of drug-likeness (QED) is 0.595. The number of nitriles is 2. The van der Waals surface area contributed by atoms with Crippen molar-refractivity contribution in [2.45, 2.75) is 12.0 Å². The maximum Gasteiger partial charge on any atom is 0.205 e. The summed E-state index contributed by atoms with van der Waals surface area (Å²) < 4.78 is 11.3. The molecule has 7 heteroatoms. The molecule has 0 fully saturated rings. The number of nitrogens with two attached hydrogens (primary N) is 1. The van der Waals surface area contributed by atoms with Gasteiger partial charge in [-0.2, -0.15) is 15.6 Å². The van der Waals surface area contributed by atoms with Crippen molar-refractivity contribution in [3.05, 3.63) is 119 Å². The van der Waals surface area contributed by atoms with Crippen molar-refractivity contribution in [2.24, 2.45) is 10.8 Å². The van der Waals surface area contributed by atoms with Crippen molar-refractivity contribution >= 4 is 11.4 Å². The van der Waals surface area contributed by atoms with E-state index < -0.39 is 12.0 Å². The molecule has 0 spiro atoms. The lowest BCUT2D eigenvalue weighted by Gasteiger charge is -2.41. The number of nitrogens with zero attached hydrogens (tertiary/aromatic N) is 4. The van der Waals surface area contributed by atoms with Crippen LogP contribution in [0.1, 0.15) is 23.1 Å². The third-order valence-electron chi connectivity index (χ3n) is 6.11. The van der Waals surface area contributed by atoms with Gasteiger partial charge in [-0.1, -0.05) is 60.7 Å². The van der Waals surface area contributed by atoms with E-state index in [4.69, 9.17) is 15.2 Å². The van der Waals surface area contributed by atoms with Crippen LogP contribution in [0.25, 0.3) is 0 Å². The van der Waals surface area contributed by atoms with Crippen LogP contribution in [0.3, 0.4) is 0 Å². The van der Waals surface area contributed by atoms with Crippen LogP contribution in [0, 0.1) is 22.7 Å². The first-order chi connectivity index (χ1) is 17.2. The van der Waals surface area contributed by atoms with Crippen LogP contribution in [0.2, 0.25) is 0 Å². The number of hydrazone groups is 1. The lowest BCUT2D eigenvalue weighted by atomic mass is 9.76. The van der Waals surface area contributed by atoms with Crippen molar-refractivity contribution in [1.29, 1.82) is 10.5 Å². The molecule has 5 rings (SSSR count). The minimum atomic E-state index is -0.519. The minimum absolute atomic E-state index is 0.0206. The lowest BCUT2D eigenvalue weighted by Crippen LogP contribution is -2.38. The van der Waals surface area contributed by atoms with E-state index in [2.05, 4.69) is 17.2 Å². The topological polar surface area (TPSA) is 108 Å². The first-order valence-corrected chi connectivity index (χ1v) is 11.0. The highest BCUT2D eigenvalue weighted by Crippen LogP contribution is 2.50. The predicted molar refractivity (Wildman–Crippen MR) is 132 cm³/mol. The molecular formula is C28H21N5O2. The minimum Gasteiger partial charge on any atom is -0.497 e. The third kappa shape index (κ3) is 3.76. The molecule has 0 saturated carbocycles. The molecule has 2 aliphatic heterocycles. The molecule has 0 bridgehead atoms. The summed E-state index contributed by atoms with van der Waals surface area (Å²) in [6.07, 6.45) is 0. The van der Waals surface area contributed by atoms with Crippen molar-refractivity contribution < 1.29 is 9.47 Å². The van der Waals surface area contributed by atoms with E-state index in [0.717, 1.165) is 22.4 Å². The molecule has 0 aliphatic carbocycles. The van der Waals surface area contributed by atoms with Crippen LogP contribution in [0.4, 0.5) is 5.69 Å². The second-order valence-electron chi connectivity index (χ2n) is 8.04. The zero-order chi connectivity index (χ0) is 24.4. The van der Waals surface area contributed by atoms with Gasteiger partial charge < -0.3 is 15.2 Å². The first-order valence-electron chi connectivity index (χ1n) is 11.0. The number of hydrogen-bond acceptors (Lipinski definition) is 7. The predicted octanol–water partition coefficient (Wildman–Crippen LogP) is 4.90. The average molecular weight is 460 g/mol. The summed E-state index contributed by atoms with van der Waals surface area (Å²) in [6.45, 7) is 0. The van der Waals surface area contributed by atoms with Crippen LogP contribution >= 0.6 is 0 Å². The van der Waals surface area contributed by atoms with E-state index >= 15 is 0 Å². The Morgan fingerprint density at radius 1 is 0.886 bits per heavy atom. The monoisotopic (exact) mass is 459 g/mol. The Labute approximate surface area is 203 Å². The highest BCUT2D eigenvalue weighted by Gasteiger charge is 2.44. The van der Waals surface area contributed by atoms with Crippen LogP contribution < -0.4 is 15.5 Å². The molecule has 35 heavy (non-hydrogen) atoms. The molecule has 0 radical (unpaired) electrons. The maximum atomic E-state index is 10.1. The summed E-state index contributed by atoms with van der Waals surface area (Å²) in [6, 6.07) is 30.9. The zero-order valence-corrected chi connectivity index (χ0v) is 18.9. The third-order valence-corrected chi connectivity index (χ3v) is 6.11. The van der Waals surface area contributed by atoms with Crippen molar-refractivity contribution in [1.82, 2.24) is 0 Å². The molecular weight excluding hydrogens is 438 g/mol. The summed E-state index contributed by atoms with van der Waals surface area (Å²) in [7, 11) is 1.61. The van der Waals surface area contributed by atoms with E-state index in [9.17, 15) is 10.5 Å². The molecule has 3 aromatic rings. The number of rotatable bonds is 4. The largest absolute Gasteiger partial charge is 0.497 e. The Morgan fingerprint density at radius 2 is 1.51 bits per heavy atom. The number of allylic oxidation sites excluding steroid dienone is 2. The van der Waals surface area contributed by atoms with Crippen molar-refractivity contribution in [3.63, 3.8) is 0 Å². The van der Waals surface area contributed by atoms with Gasteiger partial charge in [-0.15, -0.1) is 0 Å². The molecule has 7 nitrogen and oxygen atoms in total. The molecule has 0 saturated heterocycles. The van der Waals surface area contributed by atoms with Crippen LogP contribution in [-0.2, 0) is 4.74 Å². The summed E-state index contributed by atoms with van der Waals surface area (Å²) in [5.41, 5.74) is 9.89. The molecule has 2 N–H and O–H groups in total. The van der Waals surface area contributed by atoms with E-state index in [1.807, 2.05) is 84.9 Å². The normalized spacial score (nSPS) is 19.2. The lowest BCUT2D eigenvalue weighted by molar-refractivity contribution is 0.293. The molecule has 2 unspecified atom stereocenters. The Kier molecular flexibility index (Phi) is 5.66. The average Bonchev–Trinajstić information content (AvgIpc) is 2.92. The van der Waals surface area contributed by atoms with E-state index in [1.165, 1.54) is 0 Å². The number of hydrogen-bond donors (Lipinski definition) is 1. The highest BCUT2D eigenvalue weighted by atomic mass is 16.5. The second-order valence-corrected chi connectivity index (χ2v) is 8.04. The SMILES string of the molecule is COc1ccc(N2N=C(C#N)C3=C(C(c4ccccc4)C(C#N)=C(N)O3)C2c2ccccc2)cc1. The van der Waals surface area contributed by atoms with Gasteiger partial charge >= 0.3 is 0 Å². The fraction of sp³-hybridized carbons (Fsp3) is 0.107. The fourth-order valence-corrected chi connectivity index (χ4v) is 4.54. The Hall–Kier alpha value is -5.01. The van der Waals surface area contributed by atoms with Gasteiger partial charge in [-0.05, 0) is 35.4 Å². The maximum absolute atomic E-state index is 10.1. The van der Waals surface area contributed by atoms with Gasteiger partial charge in [0.1, 0.15) is 29.5 Å². The fourth-order valence-electron chi connectivity index (χ4n) is 4.54. The Balaban J connectivity index is 1.78. The van der Waals surface area contributed by atoms with Crippen LogP contribution in [0.5, 0.6) is 5.75 Å². The summed E-state index contributed by atoms with van der Waals surface area (Å²) in [5, 5.41) is 26.6. The number of anilines is 1. The van der Waals surface area contributed by atoms with Gasteiger partial charge in [-0.3, -0.25) is 5.01 Å². The molecule has 2 atom stereocenters. The van der Waals surface area contributed by atoms with Gasteiger partial charge in [-0.25, -0.2) is 0 Å². The first kappa shape index (κ1) is 21.8. The highest BCUT2D eigenvalue weighted by molar-refractivity contribution is 6.12. The molecule has 0 aromatic heterocycles. The smallest absolute Gasteiger partial charge is 0.205 e. The van der Waals surface area contributed by atoms with Crippen molar-refractivity contribution in [3.8, 4) is 17.9 Å². The van der Waals surface area contributed by atoms with E-state index in [1.54, 1.807) is 12.1 Å². The molecule has 2 heterocycles. The number of methoxy groups -OCH3 is 1. The van der Waals surface area contributed by atoms with Gasteiger partial charge in [0.05, 0.1) is 18.7 Å². The van der Waals surface area contributed by atoms with Gasteiger partial charge in [0.15, 0.2) is 5.76 Å².